The third-order valence-corrected chi connectivity index (χ3v) is 26.5. The Balaban J connectivity index is 0.881. The predicted molar refractivity (Wildman–Crippen MR) is 496 cm³/mol. The molecular weight excluding hydrogens is 1690 g/mol. The summed E-state index contributed by atoms with van der Waals surface area (Å²) in [5, 5.41) is 0. The second-order valence-electron chi connectivity index (χ2n) is 34.9. The highest BCUT2D eigenvalue weighted by atomic mass is 16.7. The summed E-state index contributed by atoms with van der Waals surface area (Å²) in [4.78, 5) is 43.6. The molecule has 25 rings (SSSR count). The summed E-state index contributed by atoms with van der Waals surface area (Å²) in [6, 6.07) is 103. The number of hydrogen-bond donors (Lipinski definition) is 0. The number of aldehydes is 3. The Morgan fingerprint density at radius 2 is 0.373 bits per heavy atom. The average molecular weight is 1770 g/mol. The molecule has 8 aliphatic heterocycles. The molecule has 4 unspecified atom stereocenters. The molecule has 40 bridgehead atoms. The van der Waals surface area contributed by atoms with E-state index >= 15 is 0 Å². The van der Waals surface area contributed by atoms with Gasteiger partial charge in [0.15, 0.2) is 18.9 Å². The van der Waals surface area contributed by atoms with E-state index in [0.29, 0.717) is 150 Å². The van der Waals surface area contributed by atoms with Gasteiger partial charge in [-0.15, -0.1) is 0 Å². The summed E-state index contributed by atoms with van der Waals surface area (Å²) in [5.74, 6) is 3.49. The molecule has 0 aromatic heterocycles. The number of benzene rings is 16. The molecule has 0 N–H and O–H groups in total. The van der Waals surface area contributed by atoms with Gasteiger partial charge in [-0.05, 0) is 195 Å². The van der Waals surface area contributed by atoms with Crippen LogP contribution in [-0.4, -0.2) is 18.9 Å². The van der Waals surface area contributed by atoms with Gasteiger partial charge >= 0.3 is 0 Å². The molecule has 0 fully saturated rings. The zero-order chi connectivity index (χ0) is 89.0. The first-order chi connectivity index (χ1) is 66.0. The highest BCUT2D eigenvalue weighted by Crippen LogP contribution is 2.61. The third kappa shape index (κ3) is 15.0. The van der Waals surface area contributed by atoms with Gasteiger partial charge in [0.2, 0.25) is 0 Å². The monoisotopic (exact) mass is 1760 g/mol. The minimum absolute atomic E-state index is 0.0136. The van der Waals surface area contributed by atoms with Crippen LogP contribution in [0.3, 0.4) is 0 Å². The molecule has 19 nitrogen and oxygen atoms in total. The lowest BCUT2D eigenvalue weighted by molar-refractivity contribution is -0.0123. The van der Waals surface area contributed by atoms with Crippen molar-refractivity contribution < 1.29 is 90.2 Å². The van der Waals surface area contributed by atoms with Gasteiger partial charge < -0.3 is 75.8 Å². The number of fused-ring (bicyclic) bond motifs is 16. The normalized spacial score (nSPS) is 18.2. The van der Waals surface area contributed by atoms with Crippen molar-refractivity contribution in [2.75, 3.05) is 0 Å². The predicted octanol–water partition coefficient (Wildman–Crippen LogP) is 28.0. The van der Waals surface area contributed by atoms with Crippen LogP contribution in [0.15, 0.2) is 322 Å². The molecule has 654 valence electrons. The summed E-state index contributed by atoms with van der Waals surface area (Å²) in [7, 11) is 0. The van der Waals surface area contributed by atoms with E-state index in [1.54, 1.807) is 140 Å². The molecule has 0 saturated carbocycles. The molecule has 0 saturated heterocycles. The van der Waals surface area contributed by atoms with E-state index in [2.05, 4.69) is 121 Å². The second kappa shape index (κ2) is 33.1. The number of aryl methyl sites for hydroxylation is 4. The number of rotatable bonds is 15. The van der Waals surface area contributed by atoms with E-state index < -0.39 is 48.8 Å². The largest absolute Gasteiger partial charge is 0.457 e. The van der Waals surface area contributed by atoms with Crippen LogP contribution >= 0.6 is 0 Å². The highest BCUT2D eigenvalue weighted by molar-refractivity contribution is 5.87. The number of hydrogen-bond acceptors (Lipinski definition) is 19. The van der Waals surface area contributed by atoms with E-state index in [9.17, 15) is 14.4 Å². The summed E-state index contributed by atoms with van der Waals surface area (Å²) >= 11 is 0. The molecule has 0 radical (unpaired) electrons. The molecular formula is C115H80O19. The number of carbonyl (C=O) groups excluding carboxylic acids is 3. The van der Waals surface area contributed by atoms with Gasteiger partial charge in [-0.25, -0.2) is 0 Å². The van der Waals surface area contributed by atoms with E-state index in [4.69, 9.17) is 75.8 Å². The van der Waals surface area contributed by atoms with Gasteiger partial charge in [-0.2, -0.15) is 0 Å². The van der Waals surface area contributed by atoms with Crippen LogP contribution in [0.4, 0.5) is 0 Å². The quantitative estimate of drug-likeness (QED) is 0.0877. The van der Waals surface area contributed by atoms with Crippen molar-refractivity contribution in [2.24, 2.45) is 0 Å². The summed E-state index contributed by atoms with van der Waals surface area (Å²) in [5.41, 5.74) is 12.2. The van der Waals surface area contributed by atoms with Crippen LogP contribution in [0.1, 0.15) is 195 Å². The van der Waals surface area contributed by atoms with E-state index in [1.165, 1.54) is 0 Å². The Kier molecular flexibility index (Phi) is 19.6. The Labute approximate surface area is 769 Å². The molecule has 0 spiro atoms. The smallest absolute Gasteiger partial charge is 0.267 e. The van der Waals surface area contributed by atoms with Gasteiger partial charge in [0.25, 0.3) is 25.2 Å². The second-order valence-corrected chi connectivity index (χ2v) is 34.9. The van der Waals surface area contributed by atoms with Gasteiger partial charge in [0.05, 0.1) is 16.7 Å². The molecule has 9 aliphatic rings. The van der Waals surface area contributed by atoms with Gasteiger partial charge in [0, 0.05) is 145 Å². The van der Waals surface area contributed by atoms with Crippen LogP contribution < -0.4 is 75.8 Å². The fourth-order valence-corrected chi connectivity index (χ4v) is 20.1. The summed E-state index contributed by atoms with van der Waals surface area (Å²) in [6.07, 6.45) is 0.590. The fraction of sp³-hybridized carbons (Fsp3) is 0.139. The Morgan fingerprint density at radius 1 is 0.179 bits per heavy atom. The van der Waals surface area contributed by atoms with Gasteiger partial charge in [-0.3, -0.25) is 14.4 Å². The maximum absolute atomic E-state index is 14.5. The maximum Gasteiger partial charge on any atom is 0.267 e. The van der Waals surface area contributed by atoms with E-state index in [0.717, 1.165) is 66.8 Å². The van der Waals surface area contributed by atoms with Crippen molar-refractivity contribution in [3.05, 3.63) is 427 Å². The molecule has 4 atom stereocenters. The Morgan fingerprint density at radius 3 is 0.582 bits per heavy atom. The van der Waals surface area contributed by atoms with Crippen molar-refractivity contribution in [3.8, 4) is 138 Å². The number of carbonyl (C=O) groups is 3. The first-order valence-corrected chi connectivity index (χ1v) is 45.1. The van der Waals surface area contributed by atoms with Crippen LogP contribution in [0.2, 0.25) is 0 Å². The highest BCUT2D eigenvalue weighted by Gasteiger charge is 2.44. The van der Waals surface area contributed by atoms with E-state index in [1.807, 2.05) is 60.7 Å². The summed E-state index contributed by atoms with van der Waals surface area (Å²) < 4.78 is 121. The fourth-order valence-electron chi connectivity index (χ4n) is 20.1. The molecule has 19 heteroatoms. The first kappa shape index (κ1) is 79.5. The van der Waals surface area contributed by atoms with Crippen molar-refractivity contribution in [1.82, 2.24) is 0 Å². The SMILES string of the molecule is O=Cc1c2cc3cc1Oc1cccc(c1)Oc1cc4cc(c1C=O)Oc1cccc(c1)Oc1cc5cc(c1C=O)Oc1cccc(c1)Oc1cc(cc(c1)C1Oc6cc7c8cc6C(CCc6ccccc6)c6cc9c(cc6O1)OC5Oc1cc5c(cc1C9CCc1ccccc1)C(CCc1ccccc1)c1cc(c(cc1OC4O5)OC3O7)C8CCc1ccccc1)Oc1cccc(c1)O2. The lowest BCUT2D eigenvalue weighted by atomic mass is 9.75. The minimum Gasteiger partial charge on any atom is -0.457 e. The van der Waals surface area contributed by atoms with Crippen molar-refractivity contribution >= 4 is 18.9 Å². The average Bonchev–Trinajstić information content (AvgIpc) is 0.723. The molecule has 8 heterocycles. The van der Waals surface area contributed by atoms with Crippen LogP contribution in [0.25, 0.3) is 0 Å². The van der Waals surface area contributed by atoms with Crippen molar-refractivity contribution in [3.63, 3.8) is 0 Å². The van der Waals surface area contributed by atoms with Gasteiger partial charge in [-0.1, -0.05) is 146 Å². The molecule has 16 aromatic rings. The molecule has 134 heavy (non-hydrogen) atoms. The lowest BCUT2D eigenvalue weighted by Gasteiger charge is -2.38. The number of ether oxygens (including phenoxy) is 16. The van der Waals surface area contributed by atoms with Crippen molar-refractivity contribution in [2.45, 2.75) is 100 Å². The Bertz CT molecular complexity index is 7010. The standard InChI is InChI=1S/C115H80O19/c116-62-95-98-43-70-45-100(95)123-77-29-15-31-79(51-77)125-102-47-72-48-103(97(102)64-118)126-80-32-16-30-78(52-80)124-101-46-71-44-99(96(101)63-117)122-76-28-14-26-74(50-76)120-82-42-69(41-81(53-82)119-73-25-13-27-75(49-73)121-98)112-127-104-58-106-89-54-87(104)83(37-33-65-17-5-1-6-18-65)88-55-90-85(39-35-67-21-9-3-10-22-67)92-57-94-86(40-36-68-23-11-4-12-24-68)93-56-91(84(89)38-34-66-19-7-2-8-20-66)108(131-113(70)129-106)60-110(93)133-115(72)134-111(94)61-109(92)132-114(71)130-107(90)59-105(88)128-112/h1-32,41-64,83-86,112-115H,33-40H2. The molecule has 16 aromatic carbocycles. The zero-order valence-electron chi connectivity index (χ0n) is 71.9. The molecule has 1 aliphatic carbocycles. The summed E-state index contributed by atoms with van der Waals surface area (Å²) in [6.45, 7) is 0. The Hall–Kier alpha value is -16.7. The maximum atomic E-state index is 14.5. The first-order valence-electron chi connectivity index (χ1n) is 45.1. The zero-order valence-corrected chi connectivity index (χ0v) is 71.9. The third-order valence-electron chi connectivity index (χ3n) is 26.5. The van der Waals surface area contributed by atoms with Crippen LogP contribution in [0.5, 0.6) is 138 Å². The van der Waals surface area contributed by atoms with Gasteiger partial charge in [0.1, 0.15) is 138 Å². The van der Waals surface area contributed by atoms with Crippen LogP contribution in [-0.2, 0) is 25.7 Å². The van der Waals surface area contributed by atoms with Crippen LogP contribution in [0, 0.1) is 0 Å². The molecule has 0 amide bonds. The minimum atomic E-state index is -1.47. The lowest BCUT2D eigenvalue weighted by Crippen LogP contribution is -2.26. The van der Waals surface area contributed by atoms with E-state index in [-0.39, 0.29) is 97.2 Å². The van der Waals surface area contributed by atoms with Crippen molar-refractivity contribution in [1.29, 1.82) is 0 Å². The topological polar surface area (TPSA) is 199 Å².